The molecule has 0 spiro atoms. The van der Waals surface area contributed by atoms with Crippen molar-refractivity contribution in [2.24, 2.45) is 0 Å². The van der Waals surface area contributed by atoms with Gasteiger partial charge in [0.2, 0.25) is 0 Å². The molecule has 0 N–H and O–H groups in total. The van der Waals surface area contributed by atoms with Crippen molar-refractivity contribution in [2.75, 3.05) is 25.6 Å². The summed E-state index contributed by atoms with van der Waals surface area (Å²) in [6, 6.07) is 0.945. The van der Waals surface area contributed by atoms with Crippen LogP contribution in [0.5, 0.6) is 0 Å². The second-order valence-corrected chi connectivity index (χ2v) is 7.94. The van der Waals surface area contributed by atoms with E-state index in [4.69, 9.17) is 13.3 Å². The van der Waals surface area contributed by atoms with Crippen LogP contribution in [0.1, 0.15) is 59.3 Å². The van der Waals surface area contributed by atoms with Crippen molar-refractivity contribution in [3.8, 4) is 0 Å². The summed E-state index contributed by atoms with van der Waals surface area (Å²) in [6.07, 6.45) is 6.48. The molecule has 0 aliphatic heterocycles. The van der Waals surface area contributed by atoms with E-state index in [1.165, 1.54) is 6.42 Å². The number of hydrogen-bond acceptors (Lipinski definition) is 4. The van der Waals surface area contributed by atoms with Crippen molar-refractivity contribution in [2.45, 2.75) is 65.3 Å². The second-order valence-electron chi connectivity index (χ2n) is 4.76. The molecule has 5 heteroatoms. The highest BCUT2D eigenvalue weighted by atomic mass is 32.1. The van der Waals surface area contributed by atoms with Crippen LogP contribution in [0.25, 0.3) is 0 Å². The van der Waals surface area contributed by atoms with Gasteiger partial charge in [0.25, 0.3) is 0 Å². The van der Waals surface area contributed by atoms with Crippen LogP contribution in [0, 0.1) is 0 Å². The van der Waals surface area contributed by atoms with Crippen LogP contribution in [0.2, 0.25) is 6.04 Å². The van der Waals surface area contributed by atoms with E-state index in [0.29, 0.717) is 0 Å². The molecular weight excluding hydrogens is 276 g/mol. The number of hydrogen-bond donors (Lipinski definition) is 1. The van der Waals surface area contributed by atoms with Gasteiger partial charge in [-0.15, -0.1) is 0 Å². The largest absolute Gasteiger partial charge is 0.500 e. The fourth-order valence-electron chi connectivity index (χ4n) is 1.74. The van der Waals surface area contributed by atoms with Crippen molar-refractivity contribution in [3.05, 3.63) is 0 Å². The minimum absolute atomic E-state index is 0.742. The predicted octanol–water partition coefficient (Wildman–Crippen LogP) is 4.31. The second kappa shape index (κ2) is 13.4. The van der Waals surface area contributed by atoms with Crippen molar-refractivity contribution in [1.82, 2.24) is 0 Å². The van der Waals surface area contributed by atoms with Gasteiger partial charge in [-0.3, -0.25) is 0 Å². The third kappa shape index (κ3) is 9.90. The van der Waals surface area contributed by atoms with Gasteiger partial charge in [-0.2, -0.15) is 12.6 Å². The Kier molecular flexibility index (Phi) is 13.7. The molecule has 0 aromatic carbocycles. The predicted molar refractivity (Wildman–Crippen MR) is 87.0 cm³/mol. The number of rotatable bonds is 14. The highest BCUT2D eigenvalue weighted by molar-refractivity contribution is 7.80. The van der Waals surface area contributed by atoms with Gasteiger partial charge in [-0.25, -0.2) is 0 Å². The Hall–Kier alpha value is 0.447. The highest BCUT2D eigenvalue weighted by Gasteiger charge is 2.40. The molecule has 0 unspecified atom stereocenters. The molecule has 0 bridgehead atoms. The zero-order valence-electron chi connectivity index (χ0n) is 13.0. The summed E-state index contributed by atoms with van der Waals surface area (Å²) in [5, 5.41) is 0. The maximum atomic E-state index is 6.04. The highest BCUT2D eigenvalue weighted by Crippen LogP contribution is 2.21. The zero-order valence-corrected chi connectivity index (χ0v) is 14.8. The van der Waals surface area contributed by atoms with Crippen LogP contribution in [-0.4, -0.2) is 34.4 Å². The summed E-state index contributed by atoms with van der Waals surface area (Å²) in [4.78, 5) is 0. The van der Waals surface area contributed by atoms with Gasteiger partial charge >= 0.3 is 8.80 Å². The quantitative estimate of drug-likeness (QED) is 0.294. The van der Waals surface area contributed by atoms with Gasteiger partial charge in [0.05, 0.1) is 0 Å². The molecule has 0 aliphatic rings. The van der Waals surface area contributed by atoms with Gasteiger partial charge in [0.1, 0.15) is 0 Å². The molecule has 116 valence electrons. The summed E-state index contributed by atoms with van der Waals surface area (Å²) in [7, 11) is -2.43. The summed E-state index contributed by atoms with van der Waals surface area (Å²) >= 11 is 4.25. The van der Waals surface area contributed by atoms with Crippen LogP contribution in [0.4, 0.5) is 0 Å². The first kappa shape index (κ1) is 19.4. The lowest BCUT2D eigenvalue weighted by Gasteiger charge is -2.29. The first-order chi connectivity index (χ1) is 9.24. The first-order valence-corrected chi connectivity index (χ1v) is 10.3. The van der Waals surface area contributed by atoms with Crippen molar-refractivity contribution in [3.63, 3.8) is 0 Å². The normalized spacial score (nSPS) is 12.0. The minimum atomic E-state index is -2.43. The molecule has 0 saturated carbocycles. The van der Waals surface area contributed by atoms with Gasteiger partial charge in [0, 0.05) is 25.9 Å². The lowest BCUT2D eigenvalue weighted by Crippen LogP contribution is -2.46. The standard InChI is InChI=1S/C14H32O3SSi/c1-4-10-15-19(16-11-5-2,17-12-6-3)14-9-7-8-13-18/h18H,4-14H2,1-3H3. The van der Waals surface area contributed by atoms with Gasteiger partial charge in [-0.05, 0) is 37.9 Å². The van der Waals surface area contributed by atoms with Crippen LogP contribution >= 0.6 is 12.6 Å². The summed E-state index contributed by atoms with van der Waals surface area (Å²) < 4.78 is 18.1. The smallest absolute Gasteiger partial charge is 0.373 e. The molecule has 0 radical (unpaired) electrons. The Morgan fingerprint density at radius 2 is 1.21 bits per heavy atom. The SMILES string of the molecule is CCCO[Si](CCCCCS)(OCCC)OCCC. The maximum absolute atomic E-state index is 6.04. The Morgan fingerprint density at radius 3 is 1.58 bits per heavy atom. The maximum Gasteiger partial charge on any atom is 0.500 e. The molecule has 0 fully saturated rings. The van der Waals surface area contributed by atoms with E-state index in [1.54, 1.807) is 0 Å². The Labute approximate surface area is 126 Å². The Bertz CT molecular complexity index is 172. The van der Waals surface area contributed by atoms with Crippen LogP contribution < -0.4 is 0 Å². The van der Waals surface area contributed by atoms with Gasteiger partial charge in [0.15, 0.2) is 0 Å². The van der Waals surface area contributed by atoms with E-state index in [-0.39, 0.29) is 0 Å². The van der Waals surface area contributed by atoms with Crippen molar-refractivity contribution < 1.29 is 13.3 Å². The molecule has 0 aromatic heterocycles. The van der Waals surface area contributed by atoms with E-state index < -0.39 is 8.80 Å². The van der Waals surface area contributed by atoms with E-state index >= 15 is 0 Å². The van der Waals surface area contributed by atoms with Gasteiger partial charge < -0.3 is 13.3 Å². The average Bonchev–Trinajstić information content (AvgIpc) is 2.44. The van der Waals surface area contributed by atoms with E-state index in [9.17, 15) is 0 Å². The lowest BCUT2D eigenvalue weighted by molar-refractivity contribution is 0.0586. The third-order valence-corrected chi connectivity index (χ3v) is 5.93. The Balaban J connectivity index is 4.38. The average molecular weight is 309 g/mol. The molecule has 0 aliphatic carbocycles. The van der Waals surface area contributed by atoms with E-state index in [0.717, 1.165) is 63.7 Å². The molecule has 3 nitrogen and oxygen atoms in total. The molecule has 19 heavy (non-hydrogen) atoms. The number of unbranched alkanes of at least 4 members (excludes halogenated alkanes) is 2. The topological polar surface area (TPSA) is 27.7 Å². The summed E-state index contributed by atoms with van der Waals surface area (Å²) in [5.41, 5.74) is 0. The van der Waals surface area contributed by atoms with Gasteiger partial charge in [-0.1, -0.05) is 27.2 Å². The lowest BCUT2D eigenvalue weighted by atomic mass is 10.3. The fourth-order valence-corrected chi connectivity index (χ4v) is 4.88. The van der Waals surface area contributed by atoms with Crippen LogP contribution in [-0.2, 0) is 13.3 Å². The van der Waals surface area contributed by atoms with E-state index in [2.05, 4.69) is 33.4 Å². The fraction of sp³-hybridized carbons (Fsp3) is 1.00. The summed E-state index contributed by atoms with van der Waals surface area (Å²) in [5.74, 6) is 0.954. The molecule has 0 aromatic rings. The molecular formula is C14H32O3SSi. The first-order valence-electron chi connectivity index (χ1n) is 7.77. The summed E-state index contributed by atoms with van der Waals surface area (Å²) in [6.45, 7) is 8.60. The molecule has 0 rings (SSSR count). The molecule has 0 atom stereocenters. The van der Waals surface area contributed by atoms with Crippen molar-refractivity contribution >= 4 is 21.4 Å². The zero-order chi connectivity index (χ0) is 14.4. The van der Waals surface area contributed by atoms with Crippen LogP contribution in [0.15, 0.2) is 0 Å². The van der Waals surface area contributed by atoms with Crippen molar-refractivity contribution in [1.29, 1.82) is 0 Å². The number of thiol groups is 1. The Morgan fingerprint density at radius 1 is 0.737 bits per heavy atom. The van der Waals surface area contributed by atoms with Crippen LogP contribution in [0.3, 0.4) is 0 Å². The third-order valence-electron chi connectivity index (χ3n) is 2.72. The molecule has 0 heterocycles. The van der Waals surface area contributed by atoms with E-state index in [1.807, 2.05) is 0 Å². The molecule has 0 amide bonds. The monoisotopic (exact) mass is 308 g/mol. The minimum Gasteiger partial charge on any atom is -0.373 e. The molecule has 0 saturated heterocycles.